The highest BCUT2D eigenvalue weighted by molar-refractivity contribution is 5.76. The molecule has 0 bridgehead atoms. The molecule has 0 fully saturated rings. The zero-order valence-corrected chi connectivity index (χ0v) is 18.5. The van der Waals surface area contributed by atoms with E-state index in [1.54, 1.807) is 12.3 Å². The Kier molecular flexibility index (Phi) is 9.93. The minimum Gasteiger partial charge on any atom is -0.384 e. The first-order chi connectivity index (χ1) is 13.5. The van der Waals surface area contributed by atoms with E-state index in [9.17, 15) is 0 Å². The third kappa shape index (κ3) is 6.48. The van der Waals surface area contributed by atoms with E-state index < -0.39 is 0 Å². The molecule has 0 spiro atoms. The molecule has 0 aromatic carbocycles. The zero-order valence-electron chi connectivity index (χ0n) is 18.5. The molecule has 5 heteroatoms. The number of nitrogen functional groups attached to an aromatic ring is 1. The van der Waals surface area contributed by atoms with Crippen LogP contribution >= 0.6 is 0 Å². The summed E-state index contributed by atoms with van der Waals surface area (Å²) in [5.74, 6) is 1.69. The fourth-order valence-corrected chi connectivity index (χ4v) is 2.90. The molecule has 0 saturated carbocycles. The molecule has 3 aromatic heterocycles. The van der Waals surface area contributed by atoms with Gasteiger partial charge in [0.05, 0.1) is 0 Å². The number of nitrogens with zero attached hydrogens (tertiary/aromatic N) is 4. The number of anilines is 2. The first-order valence-electron chi connectivity index (χ1n) is 10.2. The summed E-state index contributed by atoms with van der Waals surface area (Å²) in [4.78, 5) is 14.9. The standard InChI is InChI=1S/C10H14N2.C9H9N3.2C2H6/c1-8-6-9-4-3-5-12(2)10(9)11-7-8;1-6-4-7-2-3-8(10)12-9(7)11-5-6;2*1-2/h6-7H,3-5H2,1-2H3;2-5H,1H3,(H2,10,11,12);2*1-2H3. The van der Waals surface area contributed by atoms with Gasteiger partial charge in [-0.1, -0.05) is 33.8 Å². The Bertz CT molecular complexity index is 819. The van der Waals surface area contributed by atoms with Gasteiger partial charge in [0.15, 0.2) is 5.65 Å². The predicted octanol–water partition coefficient (Wildman–Crippen LogP) is 5.35. The quantitative estimate of drug-likeness (QED) is 0.569. The van der Waals surface area contributed by atoms with Gasteiger partial charge in [0.25, 0.3) is 0 Å². The third-order valence-corrected chi connectivity index (χ3v) is 4.08. The van der Waals surface area contributed by atoms with Crippen molar-refractivity contribution in [3.63, 3.8) is 0 Å². The van der Waals surface area contributed by atoms with Gasteiger partial charge in [0.2, 0.25) is 0 Å². The molecule has 0 atom stereocenters. The maximum atomic E-state index is 5.51. The lowest BCUT2D eigenvalue weighted by atomic mass is 10.0. The fraction of sp³-hybridized carbons (Fsp3) is 0.435. The van der Waals surface area contributed by atoms with Crippen LogP contribution in [0.15, 0.2) is 36.7 Å². The van der Waals surface area contributed by atoms with Crippen LogP contribution in [0, 0.1) is 13.8 Å². The van der Waals surface area contributed by atoms with Crippen LogP contribution in [0.3, 0.4) is 0 Å². The second-order valence-electron chi connectivity index (χ2n) is 6.32. The van der Waals surface area contributed by atoms with Crippen LogP contribution < -0.4 is 10.6 Å². The van der Waals surface area contributed by atoms with E-state index >= 15 is 0 Å². The lowest BCUT2D eigenvalue weighted by Gasteiger charge is -2.26. The normalized spacial score (nSPS) is 11.8. The van der Waals surface area contributed by atoms with Crippen LogP contribution in [0.25, 0.3) is 11.0 Å². The number of aryl methyl sites for hydroxylation is 3. The van der Waals surface area contributed by atoms with Crippen molar-refractivity contribution in [1.82, 2.24) is 15.0 Å². The molecular weight excluding hydrogens is 346 g/mol. The second-order valence-corrected chi connectivity index (χ2v) is 6.32. The number of pyridine rings is 3. The maximum Gasteiger partial charge on any atom is 0.161 e. The summed E-state index contributed by atoms with van der Waals surface area (Å²) >= 11 is 0. The topological polar surface area (TPSA) is 67.9 Å². The van der Waals surface area contributed by atoms with E-state index in [0.29, 0.717) is 11.5 Å². The summed E-state index contributed by atoms with van der Waals surface area (Å²) < 4.78 is 0. The average molecular weight is 382 g/mol. The van der Waals surface area contributed by atoms with E-state index in [-0.39, 0.29) is 0 Å². The number of nitrogens with two attached hydrogens (primary N) is 1. The van der Waals surface area contributed by atoms with Crippen molar-refractivity contribution in [3.8, 4) is 0 Å². The molecule has 5 nitrogen and oxygen atoms in total. The lowest BCUT2D eigenvalue weighted by molar-refractivity contribution is 0.729. The number of fused-ring (bicyclic) bond motifs is 2. The summed E-state index contributed by atoms with van der Waals surface area (Å²) in [5.41, 5.74) is 10.0. The van der Waals surface area contributed by atoms with Crippen LogP contribution in [-0.2, 0) is 6.42 Å². The van der Waals surface area contributed by atoms with Gasteiger partial charge in [-0.25, -0.2) is 15.0 Å². The Balaban J connectivity index is 0.000000238. The summed E-state index contributed by atoms with van der Waals surface area (Å²) in [6, 6.07) is 7.99. The molecule has 1 aliphatic rings. The first kappa shape index (κ1) is 23.3. The van der Waals surface area contributed by atoms with E-state index in [1.807, 2.05) is 52.9 Å². The maximum absolute atomic E-state index is 5.51. The number of hydrogen-bond acceptors (Lipinski definition) is 5. The van der Waals surface area contributed by atoms with E-state index in [1.165, 1.54) is 29.8 Å². The first-order valence-corrected chi connectivity index (χ1v) is 10.2. The van der Waals surface area contributed by atoms with Gasteiger partial charge in [-0.3, -0.25) is 0 Å². The Morgan fingerprint density at radius 3 is 2.29 bits per heavy atom. The Morgan fingerprint density at radius 1 is 0.929 bits per heavy atom. The van der Waals surface area contributed by atoms with Gasteiger partial charge in [0.1, 0.15) is 11.6 Å². The molecule has 28 heavy (non-hydrogen) atoms. The molecule has 0 aliphatic carbocycles. The third-order valence-electron chi connectivity index (χ3n) is 4.08. The molecule has 152 valence electrons. The summed E-state index contributed by atoms with van der Waals surface area (Å²) in [5, 5.41) is 1.03. The van der Waals surface area contributed by atoms with Crippen LogP contribution in [-0.4, -0.2) is 28.5 Å². The van der Waals surface area contributed by atoms with Crippen LogP contribution in [0.2, 0.25) is 0 Å². The van der Waals surface area contributed by atoms with Crippen molar-refractivity contribution >= 4 is 22.7 Å². The minimum absolute atomic E-state index is 0.513. The molecule has 3 aromatic rings. The molecule has 0 amide bonds. The molecule has 4 rings (SSSR count). The average Bonchev–Trinajstić information content (AvgIpc) is 2.72. The summed E-state index contributed by atoms with van der Waals surface area (Å²) in [6.45, 7) is 13.2. The lowest BCUT2D eigenvalue weighted by Crippen LogP contribution is -2.25. The highest BCUT2D eigenvalue weighted by Crippen LogP contribution is 2.23. The molecular formula is C23H35N5. The fourth-order valence-electron chi connectivity index (χ4n) is 2.90. The Morgan fingerprint density at radius 2 is 1.57 bits per heavy atom. The zero-order chi connectivity index (χ0) is 21.1. The van der Waals surface area contributed by atoms with E-state index in [4.69, 9.17) is 5.73 Å². The van der Waals surface area contributed by atoms with Crippen molar-refractivity contribution in [3.05, 3.63) is 53.3 Å². The SMILES string of the molecule is CC.CC.Cc1cnc2c(c1)CCCN2C.Cc1cnc2nc(N)ccc2c1. The Hall–Kier alpha value is -2.69. The monoisotopic (exact) mass is 381 g/mol. The number of rotatable bonds is 0. The summed E-state index contributed by atoms with van der Waals surface area (Å²) in [7, 11) is 2.11. The number of hydrogen-bond donors (Lipinski definition) is 1. The molecule has 0 radical (unpaired) electrons. The van der Waals surface area contributed by atoms with Crippen LogP contribution in [0.4, 0.5) is 11.6 Å². The highest BCUT2D eigenvalue weighted by atomic mass is 15.2. The van der Waals surface area contributed by atoms with Gasteiger partial charge in [-0.05, 0) is 61.6 Å². The van der Waals surface area contributed by atoms with Crippen molar-refractivity contribution in [1.29, 1.82) is 0 Å². The van der Waals surface area contributed by atoms with Crippen LogP contribution in [0.5, 0.6) is 0 Å². The van der Waals surface area contributed by atoms with Crippen molar-refractivity contribution in [2.75, 3.05) is 24.2 Å². The smallest absolute Gasteiger partial charge is 0.161 e. The van der Waals surface area contributed by atoms with Crippen molar-refractivity contribution in [2.24, 2.45) is 0 Å². The summed E-state index contributed by atoms with van der Waals surface area (Å²) in [6.07, 6.45) is 6.18. The number of aromatic nitrogens is 3. The van der Waals surface area contributed by atoms with Gasteiger partial charge < -0.3 is 10.6 Å². The highest BCUT2D eigenvalue weighted by Gasteiger charge is 2.13. The van der Waals surface area contributed by atoms with Gasteiger partial charge in [0, 0.05) is 31.4 Å². The van der Waals surface area contributed by atoms with Gasteiger partial charge in [-0.2, -0.15) is 0 Å². The van der Waals surface area contributed by atoms with Crippen molar-refractivity contribution < 1.29 is 0 Å². The molecule has 4 heterocycles. The minimum atomic E-state index is 0.513. The largest absolute Gasteiger partial charge is 0.384 e. The molecule has 2 N–H and O–H groups in total. The van der Waals surface area contributed by atoms with E-state index in [2.05, 4.69) is 39.9 Å². The molecule has 1 aliphatic heterocycles. The predicted molar refractivity (Wildman–Crippen MR) is 122 cm³/mol. The second kappa shape index (κ2) is 11.9. The van der Waals surface area contributed by atoms with Crippen molar-refractivity contribution in [2.45, 2.75) is 54.4 Å². The van der Waals surface area contributed by atoms with Gasteiger partial charge in [-0.15, -0.1) is 0 Å². The van der Waals surface area contributed by atoms with Gasteiger partial charge >= 0.3 is 0 Å². The Labute approximate surface area is 170 Å². The molecule has 0 unspecified atom stereocenters. The van der Waals surface area contributed by atoms with Crippen LogP contribution in [0.1, 0.15) is 50.8 Å². The van der Waals surface area contributed by atoms with E-state index in [0.717, 1.165) is 17.5 Å². The molecule has 0 saturated heterocycles.